The molecule has 1 fully saturated rings. The molecule has 1 saturated carbocycles. The van der Waals surface area contributed by atoms with Gasteiger partial charge in [-0.25, -0.2) is 4.99 Å². The Hall–Kier alpha value is -1.27. The molecule has 0 spiro atoms. The van der Waals surface area contributed by atoms with Crippen molar-refractivity contribution in [3.8, 4) is 0 Å². The van der Waals surface area contributed by atoms with Crippen LogP contribution >= 0.6 is 34.5 Å². The fraction of sp³-hybridized carbons (Fsp3) is 0.389. The lowest BCUT2D eigenvalue weighted by molar-refractivity contribution is 0.360. The Balaban J connectivity index is 1.76. The van der Waals surface area contributed by atoms with Crippen molar-refractivity contribution >= 4 is 46.2 Å². The molecular weight excluding hydrogens is 375 g/mol. The van der Waals surface area contributed by atoms with Crippen molar-refractivity contribution in [1.29, 1.82) is 0 Å². The monoisotopic (exact) mass is 396 g/mol. The van der Waals surface area contributed by atoms with Gasteiger partial charge in [-0.2, -0.15) is 0 Å². The van der Waals surface area contributed by atoms with Gasteiger partial charge in [0.1, 0.15) is 0 Å². The second-order valence-electron chi connectivity index (χ2n) is 6.19. The molecule has 0 radical (unpaired) electrons. The van der Waals surface area contributed by atoms with Crippen LogP contribution < -0.4 is 16.4 Å². The fourth-order valence-corrected chi connectivity index (χ4v) is 4.00. The lowest BCUT2D eigenvalue weighted by Crippen LogP contribution is -2.51. The summed E-state index contributed by atoms with van der Waals surface area (Å²) in [6, 6.07) is 9.84. The summed E-state index contributed by atoms with van der Waals surface area (Å²) < 4.78 is 0. The number of anilines is 1. The van der Waals surface area contributed by atoms with Gasteiger partial charge in [-0.05, 0) is 42.5 Å². The Morgan fingerprint density at radius 2 is 2.08 bits per heavy atom. The van der Waals surface area contributed by atoms with E-state index in [0.717, 1.165) is 18.5 Å². The number of guanidine groups is 1. The van der Waals surface area contributed by atoms with Crippen LogP contribution in [0, 0.1) is 0 Å². The summed E-state index contributed by atoms with van der Waals surface area (Å²) in [5.41, 5.74) is 7.05. The van der Waals surface area contributed by atoms with Crippen LogP contribution in [0.1, 0.15) is 30.6 Å². The average Bonchev–Trinajstić information content (AvgIpc) is 3.10. The van der Waals surface area contributed by atoms with Crippen LogP contribution in [0.25, 0.3) is 0 Å². The zero-order chi connectivity index (χ0) is 17.6. The third-order valence-corrected chi connectivity index (χ3v) is 5.71. The van der Waals surface area contributed by atoms with Crippen LogP contribution in [-0.2, 0) is 6.54 Å². The number of benzene rings is 1. The molecule has 4 N–H and O–H groups in total. The number of rotatable bonds is 4. The molecule has 3 rings (SSSR count). The van der Waals surface area contributed by atoms with Crippen LogP contribution in [-0.4, -0.2) is 18.0 Å². The molecule has 0 bridgehead atoms. The largest absolute Gasteiger partial charge is 0.352 e. The Kier molecular flexibility index (Phi) is 6.59. The highest BCUT2D eigenvalue weighted by molar-refractivity contribution is 7.09. The zero-order valence-corrected chi connectivity index (χ0v) is 16.2. The summed E-state index contributed by atoms with van der Waals surface area (Å²) in [5.74, 6) is 0.694. The SMILES string of the molecule is N[C@H]1CCCC[C@@H]1NC(=NCc1cccs1)Nc1ccc(Cl)cc1Cl. The summed E-state index contributed by atoms with van der Waals surface area (Å²) in [6.45, 7) is 0.611. The van der Waals surface area contributed by atoms with Gasteiger partial charge in [-0.3, -0.25) is 0 Å². The molecule has 7 heteroatoms. The number of hydrogen-bond acceptors (Lipinski definition) is 3. The number of aliphatic imine (C=N–C) groups is 1. The van der Waals surface area contributed by atoms with Crippen LogP contribution in [0.4, 0.5) is 5.69 Å². The number of nitrogens with two attached hydrogens (primary N) is 1. The smallest absolute Gasteiger partial charge is 0.196 e. The number of halogens is 2. The average molecular weight is 397 g/mol. The van der Waals surface area contributed by atoms with Crippen LogP contribution in [0.5, 0.6) is 0 Å². The van der Waals surface area contributed by atoms with Gasteiger partial charge >= 0.3 is 0 Å². The van der Waals surface area contributed by atoms with E-state index >= 15 is 0 Å². The quantitative estimate of drug-likeness (QED) is 0.509. The van der Waals surface area contributed by atoms with Gasteiger partial charge in [0.2, 0.25) is 0 Å². The van der Waals surface area contributed by atoms with Crippen molar-refractivity contribution in [3.63, 3.8) is 0 Å². The summed E-state index contributed by atoms with van der Waals surface area (Å²) in [7, 11) is 0. The number of nitrogens with zero attached hydrogens (tertiary/aromatic N) is 1. The first-order chi connectivity index (χ1) is 12.1. The molecule has 4 nitrogen and oxygen atoms in total. The normalized spacial score (nSPS) is 21.2. The highest BCUT2D eigenvalue weighted by atomic mass is 35.5. The molecule has 0 aliphatic heterocycles. The minimum atomic E-state index is 0.142. The topological polar surface area (TPSA) is 62.4 Å². The molecule has 0 saturated heterocycles. The molecule has 1 heterocycles. The summed E-state index contributed by atoms with van der Waals surface area (Å²) in [6.07, 6.45) is 4.47. The maximum atomic E-state index is 6.29. The lowest BCUT2D eigenvalue weighted by atomic mass is 9.91. The molecule has 2 atom stereocenters. The Morgan fingerprint density at radius 1 is 1.24 bits per heavy atom. The molecule has 25 heavy (non-hydrogen) atoms. The van der Waals surface area contributed by atoms with Gasteiger partial charge in [0.05, 0.1) is 17.3 Å². The van der Waals surface area contributed by atoms with Crippen LogP contribution in [0.15, 0.2) is 40.7 Å². The number of thiophene rings is 1. The van der Waals surface area contributed by atoms with Gasteiger partial charge in [-0.1, -0.05) is 42.1 Å². The molecule has 134 valence electrons. The van der Waals surface area contributed by atoms with Gasteiger partial charge in [0, 0.05) is 22.0 Å². The maximum absolute atomic E-state index is 6.29. The van der Waals surface area contributed by atoms with E-state index in [1.807, 2.05) is 12.1 Å². The van der Waals surface area contributed by atoms with E-state index in [0.29, 0.717) is 22.5 Å². The molecule has 1 aromatic heterocycles. The second-order valence-corrected chi connectivity index (χ2v) is 8.07. The van der Waals surface area contributed by atoms with Crippen LogP contribution in [0.2, 0.25) is 10.0 Å². The highest BCUT2D eigenvalue weighted by Crippen LogP contribution is 2.25. The minimum Gasteiger partial charge on any atom is -0.352 e. The third kappa shape index (κ3) is 5.35. The molecule has 0 amide bonds. The first-order valence-corrected chi connectivity index (χ1v) is 10.1. The predicted octanol–water partition coefficient (Wildman–Crippen LogP) is 4.88. The van der Waals surface area contributed by atoms with E-state index in [9.17, 15) is 0 Å². The zero-order valence-electron chi connectivity index (χ0n) is 13.8. The van der Waals surface area contributed by atoms with Gasteiger partial charge in [0.15, 0.2) is 5.96 Å². The van der Waals surface area contributed by atoms with Gasteiger partial charge in [0.25, 0.3) is 0 Å². The first kappa shape index (κ1) is 18.5. The van der Waals surface area contributed by atoms with Crippen molar-refractivity contribution in [1.82, 2.24) is 5.32 Å². The van der Waals surface area contributed by atoms with Crippen molar-refractivity contribution in [2.45, 2.75) is 44.3 Å². The van der Waals surface area contributed by atoms with Crippen molar-refractivity contribution < 1.29 is 0 Å². The van der Waals surface area contributed by atoms with E-state index in [-0.39, 0.29) is 12.1 Å². The Labute approximate surface area is 162 Å². The maximum Gasteiger partial charge on any atom is 0.196 e. The van der Waals surface area contributed by atoms with Crippen molar-refractivity contribution in [2.75, 3.05) is 5.32 Å². The standard InChI is InChI=1S/C18H22Cl2N4S/c19-12-7-8-16(14(20)10-12)23-18(22-11-13-4-3-9-25-13)24-17-6-2-1-5-15(17)21/h3-4,7-10,15,17H,1-2,5-6,11,21H2,(H2,22,23,24)/t15-,17-/m0/s1. The van der Waals surface area contributed by atoms with Crippen LogP contribution in [0.3, 0.4) is 0 Å². The minimum absolute atomic E-state index is 0.142. The van der Waals surface area contributed by atoms with E-state index in [2.05, 4.69) is 22.1 Å². The third-order valence-electron chi connectivity index (χ3n) is 4.30. The Bertz CT molecular complexity index is 718. The molecule has 0 unspecified atom stereocenters. The molecular formula is C18H22Cl2N4S. The van der Waals surface area contributed by atoms with E-state index in [1.54, 1.807) is 23.5 Å². The molecule has 1 aliphatic rings. The van der Waals surface area contributed by atoms with Crippen molar-refractivity contribution in [3.05, 3.63) is 50.6 Å². The number of hydrogen-bond donors (Lipinski definition) is 3. The number of nitrogens with one attached hydrogen (secondary N) is 2. The van der Waals surface area contributed by atoms with Gasteiger partial charge < -0.3 is 16.4 Å². The van der Waals surface area contributed by atoms with Gasteiger partial charge in [-0.15, -0.1) is 11.3 Å². The summed E-state index contributed by atoms with van der Waals surface area (Å²) in [4.78, 5) is 5.92. The van der Waals surface area contributed by atoms with Crippen molar-refractivity contribution in [2.24, 2.45) is 10.7 Å². The second kappa shape index (κ2) is 8.90. The van der Waals surface area contributed by atoms with E-state index < -0.39 is 0 Å². The van der Waals surface area contributed by atoms with E-state index in [1.165, 1.54) is 17.7 Å². The predicted molar refractivity (Wildman–Crippen MR) is 109 cm³/mol. The fourth-order valence-electron chi connectivity index (χ4n) is 2.91. The molecule has 2 aromatic rings. The first-order valence-electron chi connectivity index (χ1n) is 8.43. The highest BCUT2D eigenvalue weighted by Gasteiger charge is 2.22. The lowest BCUT2D eigenvalue weighted by Gasteiger charge is -2.30. The molecule has 1 aromatic carbocycles. The summed E-state index contributed by atoms with van der Waals surface area (Å²) in [5, 5.41) is 10.0. The Morgan fingerprint density at radius 3 is 2.80 bits per heavy atom. The summed E-state index contributed by atoms with van der Waals surface area (Å²) >= 11 is 14.0. The van der Waals surface area contributed by atoms with E-state index in [4.69, 9.17) is 33.9 Å². The molecule has 1 aliphatic carbocycles.